The molecule has 18 fully saturated rings. The van der Waals surface area contributed by atoms with Gasteiger partial charge in [0, 0.05) is 19.6 Å². The first kappa shape index (κ1) is 90.0. The van der Waals surface area contributed by atoms with Crippen molar-refractivity contribution in [2.75, 3.05) is 33.5 Å². The number of carboxylic acids is 2. The molecule has 692 valence electrons. The quantitative estimate of drug-likeness (QED) is 0.0385. The van der Waals surface area contributed by atoms with Gasteiger partial charge in [-0.25, -0.2) is 0 Å². The van der Waals surface area contributed by atoms with E-state index >= 15 is 0 Å². The molecule has 18 rings (SSSR count). The van der Waals surface area contributed by atoms with Crippen molar-refractivity contribution in [3.63, 3.8) is 0 Å². The highest BCUT2D eigenvalue weighted by Gasteiger charge is 2.78. The number of aliphatic hydroxyl groups is 2. The summed E-state index contributed by atoms with van der Waals surface area (Å²) < 4.78 is 60.4. The zero-order valence-electron chi connectivity index (χ0n) is 73.1. The molecule has 12 bridgehead atoms. The van der Waals surface area contributed by atoms with Gasteiger partial charge in [0.1, 0.15) is 11.2 Å². The van der Waals surface area contributed by atoms with Crippen LogP contribution in [0.3, 0.4) is 0 Å². The number of ether oxygens (including phenoxy) is 11. The maximum Gasteiger partial charge on any atom is 0.317 e. The van der Waals surface area contributed by atoms with E-state index in [4.69, 9.17) is 52.1 Å². The molecule has 0 amide bonds. The molecule has 12 saturated carbocycles. The van der Waals surface area contributed by atoms with Crippen molar-refractivity contribution >= 4 is 113 Å². The number of hydrogen-bond donors (Lipinski definition) is 4. The van der Waals surface area contributed by atoms with E-state index in [-0.39, 0.29) is 105 Å². The summed E-state index contributed by atoms with van der Waals surface area (Å²) in [5.41, 5.74) is -1.51. The minimum atomic E-state index is -1.46. The summed E-state index contributed by atoms with van der Waals surface area (Å²) in [5.74, 6) is -48.6. The molecule has 43 atom stereocenters. The number of aliphatic carboxylic acids is 2. The first-order valence-corrected chi connectivity index (χ1v) is 46.1. The van der Waals surface area contributed by atoms with Crippen LogP contribution in [-0.2, 0) is 143 Å². The molecular formula is C93H116O34. The van der Waals surface area contributed by atoms with E-state index in [0.29, 0.717) is 64.2 Å². The molecule has 6 saturated heterocycles. The lowest BCUT2D eigenvalue weighted by Gasteiger charge is -2.46. The summed E-state index contributed by atoms with van der Waals surface area (Å²) in [5, 5.41) is 39.7. The van der Waals surface area contributed by atoms with Gasteiger partial charge in [0.05, 0.1) is 133 Å². The second kappa shape index (κ2) is 33.2. The Kier molecular flexibility index (Phi) is 23.5. The van der Waals surface area contributed by atoms with Crippen molar-refractivity contribution < 1.29 is 164 Å². The third-order valence-corrected chi connectivity index (χ3v) is 35.6. The molecular weight excluding hydrogens is 1660 g/mol. The number of carboxylic acid groups (broad SMARTS) is 2. The van der Waals surface area contributed by atoms with Crippen LogP contribution in [-0.4, -0.2) is 179 Å². The van der Waals surface area contributed by atoms with E-state index in [1.54, 1.807) is 48.5 Å². The van der Waals surface area contributed by atoms with Gasteiger partial charge in [-0.15, -0.1) is 0 Å². The van der Waals surface area contributed by atoms with Gasteiger partial charge in [-0.1, -0.05) is 27.7 Å². The molecule has 34 nitrogen and oxygen atoms in total. The average Bonchev–Trinajstić information content (AvgIpc) is 1.54. The van der Waals surface area contributed by atoms with Crippen LogP contribution < -0.4 is 0 Å². The van der Waals surface area contributed by atoms with Crippen molar-refractivity contribution in [3.05, 3.63) is 0 Å². The predicted octanol–water partition coefficient (Wildman–Crippen LogP) is 5.77. The Hall–Kier alpha value is -8.95. The number of fused-ring (bicyclic) bond motifs is 12. The minimum absolute atomic E-state index is 0.0356. The molecule has 43 unspecified atom stereocenters. The van der Waals surface area contributed by atoms with E-state index in [9.17, 15) is 112 Å². The molecule has 0 spiro atoms. The van der Waals surface area contributed by atoms with Crippen molar-refractivity contribution in [2.45, 2.75) is 170 Å². The van der Waals surface area contributed by atoms with Gasteiger partial charge >= 0.3 is 113 Å². The fourth-order valence-electron chi connectivity index (χ4n) is 31.8. The average molecular weight is 1780 g/mol. The highest BCUT2D eigenvalue weighted by atomic mass is 16.6. The zero-order valence-corrected chi connectivity index (χ0v) is 73.1. The molecule has 0 radical (unpaired) electrons. The number of esters is 17. The number of rotatable bonds is 24. The summed E-state index contributed by atoms with van der Waals surface area (Å²) >= 11 is 0. The van der Waals surface area contributed by atoms with Crippen molar-refractivity contribution in [1.82, 2.24) is 0 Å². The summed E-state index contributed by atoms with van der Waals surface area (Å²) in [4.78, 5) is 262. The molecule has 6 aliphatic heterocycles. The van der Waals surface area contributed by atoms with E-state index in [0.717, 1.165) is 7.11 Å². The van der Waals surface area contributed by atoms with Gasteiger partial charge in [0.25, 0.3) is 0 Å². The van der Waals surface area contributed by atoms with Gasteiger partial charge in [-0.05, 0) is 267 Å². The highest BCUT2D eigenvalue weighted by molar-refractivity contribution is 6.02. The maximum atomic E-state index is 14.6. The van der Waals surface area contributed by atoms with Gasteiger partial charge in [0.15, 0.2) is 0 Å². The maximum absolute atomic E-state index is 14.6. The summed E-state index contributed by atoms with van der Waals surface area (Å²) in [6.45, 7) is 17.4. The van der Waals surface area contributed by atoms with Gasteiger partial charge in [-0.2, -0.15) is 0 Å². The van der Waals surface area contributed by atoms with Crippen LogP contribution in [0.4, 0.5) is 0 Å². The second-order valence-electron chi connectivity index (χ2n) is 43.0. The summed E-state index contributed by atoms with van der Waals surface area (Å²) in [7, 11) is 1.11. The molecule has 127 heavy (non-hydrogen) atoms. The van der Waals surface area contributed by atoms with Crippen LogP contribution in [0.25, 0.3) is 0 Å². The first-order chi connectivity index (χ1) is 60.0. The number of hydrogen-bond acceptors (Lipinski definition) is 32. The third kappa shape index (κ3) is 14.6. The Bertz CT molecular complexity index is 4640. The van der Waals surface area contributed by atoms with E-state index in [1.165, 1.54) is 6.92 Å². The Morgan fingerprint density at radius 1 is 0.299 bits per heavy atom. The zero-order chi connectivity index (χ0) is 91.3. The Morgan fingerprint density at radius 3 is 0.906 bits per heavy atom. The predicted molar refractivity (Wildman–Crippen MR) is 419 cm³/mol. The van der Waals surface area contributed by atoms with Gasteiger partial charge < -0.3 is 72.5 Å². The monoisotopic (exact) mass is 1780 g/mol. The topological polar surface area (TPSA) is 507 Å². The van der Waals surface area contributed by atoms with E-state index < -0.39 is 326 Å². The smallest absolute Gasteiger partial charge is 0.317 e. The van der Waals surface area contributed by atoms with Crippen LogP contribution in [0.5, 0.6) is 0 Å². The highest BCUT2D eigenvalue weighted by Crippen LogP contribution is 2.74. The number of unbranched alkanes of at least 4 members (excludes halogenated alkanes) is 1. The number of cyclic esters (lactones) is 12. The molecule has 0 aromatic carbocycles. The van der Waals surface area contributed by atoms with Crippen molar-refractivity contribution in [1.29, 1.82) is 0 Å². The molecule has 4 N–H and O–H groups in total. The molecule has 18 aliphatic rings. The largest absolute Gasteiger partial charge is 0.481 e. The fraction of sp³-hybridized carbons (Fsp3) is 0.796. The molecule has 0 aromatic heterocycles. The first-order valence-electron chi connectivity index (χ1n) is 46.1. The number of carbonyl (C=O) groups is 19. The van der Waals surface area contributed by atoms with Gasteiger partial charge in [-0.3, -0.25) is 91.1 Å². The summed E-state index contributed by atoms with van der Waals surface area (Å²) in [6.07, 6.45) is 5.23. The normalized spacial score (nSPS) is 46.2. The fourth-order valence-corrected chi connectivity index (χ4v) is 31.8. The van der Waals surface area contributed by atoms with Crippen LogP contribution in [0.2, 0.25) is 0 Å². The molecule has 34 heteroatoms. The lowest BCUT2D eigenvalue weighted by Crippen LogP contribution is -2.53. The van der Waals surface area contributed by atoms with Crippen LogP contribution in [0, 0.1) is 254 Å². The van der Waals surface area contributed by atoms with E-state index in [2.05, 4.69) is 0 Å². The molecule has 12 aliphatic carbocycles. The third-order valence-electron chi connectivity index (χ3n) is 35.6. The lowest BCUT2D eigenvalue weighted by molar-refractivity contribution is -0.167. The Balaban J connectivity index is 0.000000179. The second-order valence-corrected chi connectivity index (χ2v) is 43.0. The molecule has 6 heterocycles. The number of aliphatic hydroxyl groups excluding tert-OH is 2. The lowest BCUT2D eigenvalue weighted by atomic mass is 9.53. The van der Waals surface area contributed by atoms with E-state index in [1.807, 2.05) is 13.8 Å². The molecule has 0 aromatic rings. The number of carbonyl (C=O) groups excluding carboxylic acids is 17. The van der Waals surface area contributed by atoms with Crippen LogP contribution in [0.15, 0.2) is 0 Å². The SMILES string of the molecule is CC1C(=O)OC(=O)C1C1C2CC(CC2C(=O)O)C1C1C(=O)OC(=O)C1C1C2CC(CC2C(=O)OCCCCO)C1C1C(=O)OC(=O)C1C1C(C)C2CC(C(=O)OC(C)(C)C)C1C2.COC(=O)C1C2CC(C1C(=O)O)C(C1C(=O)OC(=O)C1C1C3CC(CC3C(=O)OCCCO)C1C1C(=O)OC(=O)C1C1C(C)C3CC(C(=O)OC(C)(C)C)C1C3)C2C1C(=O)OC(=O)C1C. The Labute approximate surface area is 732 Å². The van der Waals surface area contributed by atoms with Crippen molar-refractivity contribution in [2.24, 2.45) is 254 Å². The van der Waals surface area contributed by atoms with Gasteiger partial charge in [0.2, 0.25) is 0 Å². The van der Waals surface area contributed by atoms with Crippen molar-refractivity contribution in [3.8, 4) is 0 Å². The summed E-state index contributed by atoms with van der Waals surface area (Å²) in [6, 6.07) is 0. The van der Waals surface area contributed by atoms with Crippen LogP contribution in [0.1, 0.15) is 159 Å². The number of methoxy groups -OCH3 is 1. The Morgan fingerprint density at radius 2 is 0.575 bits per heavy atom. The van der Waals surface area contributed by atoms with Crippen LogP contribution >= 0.6 is 0 Å². The minimum Gasteiger partial charge on any atom is -0.481 e. The standard InChI is InChI=1S/C47H58O18.C46H58O16/c1-15-17-10-19(22(11-17)40(53)65-47(3,4)5)25(15)33-34(44(57)63-43(33)56)27-18-12-20(21(13-18)39(52)61-9-7-8-48)28(27)35-36(46(59)64-45(35)58)30-23-14-24(32(41(54)60-6)31(23)37(49)50)29(30)26-16(2)38(51)62-42(26)55;1-16-18-10-22(26(11-18)40(52)62-46(3,4)5)27(16)33-34(43(55)60-42(33)54)30-20-13-23(25(15-20)39(51)58-9-7-6-8-47)32(30)36-35(44(56)61-45(36)57)29-19-12-21(24(14-19)37(48)49)31(29)28-17(2)38(50)59-41(28)53/h15-36,48H,7-14H2,1-6H3,(H,49,50);16-36,47H,6-15H2,1-5H3,(H,48,49).